The maximum Gasteiger partial charge on any atom is 0.0931 e. The standard InChI is InChI=1S/C10H14ClNOS/c11-10-2-1-8(14-10)5-9(12)7-3-4-13-6-7/h1-2,7,9H,3-6,12H2. The summed E-state index contributed by atoms with van der Waals surface area (Å²) in [7, 11) is 0. The van der Waals surface area contributed by atoms with Gasteiger partial charge in [-0.3, -0.25) is 0 Å². The predicted octanol–water partition coefficient (Wildman–Crippen LogP) is 2.31. The highest BCUT2D eigenvalue weighted by atomic mass is 35.5. The van der Waals surface area contributed by atoms with Crippen molar-refractivity contribution in [3.63, 3.8) is 0 Å². The van der Waals surface area contributed by atoms with Crippen molar-refractivity contribution in [1.29, 1.82) is 0 Å². The quantitative estimate of drug-likeness (QED) is 0.867. The monoisotopic (exact) mass is 231 g/mol. The van der Waals surface area contributed by atoms with Crippen LogP contribution in [0.2, 0.25) is 4.34 Å². The van der Waals surface area contributed by atoms with E-state index in [0.717, 1.165) is 30.4 Å². The van der Waals surface area contributed by atoms with Gasteiger partial charge in [-0.05, 0) is 30.9 Å². The number of rotatable bonds is 3. The molecule has 0 amide bonds. The maximum atomic E-state index is 6.10. The number of ether oxygens (including phenoxy) is 1. The Kier molecular flexibility index (Phi) is 3.44. The smallest absolute Gasteiger partial charge is 0.0931 e. The van der Waals surface area contributed by atoms with Gasteiger partial charge < -0.3 is 10.5 Å². The zero-order valence-corrected chi connectivity index (χ0v) is 9.48. The normalized spacial score (nSPS) is 24.0. The van der Waals surface area contributed by atoms with E-state index in [9.17, 15) is 0 Å². The van der Waals surface area contributed by atoms with Crippen molar-refractivity contribution in [3.05, 3.63) is 21.3 Å². The van der Waals surface area contributed by atoms with Crippen LogP contribution < -0.4 is 5.73 Å². The van der Waals surface area contributed by atoms with E-state index in [1.165, 1.54) is 4.88 Å². The van der Waals surface area contributed by atoms with Crippen molar-refractivity contribution >= 4 is 22.9 Å². The third kappa shape index (κ3) is 2.48. The maximum absolute atomic E-state index is 6.10. The summed E-state index contributed by atoms with van der Waals surface area (Å²) in [5, 5.41) is 0. The van der Waals surface area contributed by atoms with E-state index in [2.05, 4.69) is 6.07 Å². The van der Waals surface area contributed by atoms with E-state index in [4.69, 9.17) is 22.1 Å². The number of hydrogen-bond donors (Lipinski definition) is 1. The first-order valence-electron chi connectivity index (χ1n) is 4.83. The lowest BCUT2D eigenvalue weighted by Crippen LogP contribution is -2.32. The van der Waals surface area contributed by atoms with Crippen molar-refractivity contribution in [2.24, 2.45) is 11.7 Å². The highest BCUT2D eigenvalue weighted by Crippen LogP contribution is 2.25. The molecular formula is C10H14ClNOS. The molecule has 0 aromatic carbocycles. The molecule has 0 bridgehead atoms. The van der Waals surface area contributed by atoms with Gasteiger partial charge in [-0.2, -0.15) is 0 Å². The first-order chi connectivity index (χ1) is 6.75. The summed E-state index contributed by atoms with van der Waals surface area (Å²) in [6, 6.07) is 4.20. The minimum Gasteiger partial charge on any atom is -0.381 e. The van der Waals surface area contributed by atoms with Gasteiger partial charge in [0.2, 0.25) is 0 Å². The van der Waals surface area contributed by atoms with Crippen LogP contribution in [0, 0.1) is 5.92 Å². The van der Waals surface area contributed by atoms with Gasteiger partial charge in [0.15, 0.2) is 0 Å². The lowest BCUT2D eigenvalue weighted by Gasteiger charge is -2.16. The molecule has 2 rings (SSSR count). The van der Waals surface area contributed by atoms with Crippen molar-refractivity contribution in [1.82, 2.24) is 0 Å². The van der Waals surface area contributed by atoms with E-state index in [1.807, 2.05) is 6.07 Å². The second-order valence-electron chi connectivity index (χ2n) is 3.70. The molecule has 1 aromatic heterocycles. The fourth-order valence-corrected chi connectivity index (χ4v) is 2.91. The van der Waals surface area contributed by atoms with Gasteiger partial charge in [-0.15, -0.1) is 11.3 Å². The lowest BCUT2D eigenvalue weighted by atomic mass is 9.97. The molecule has 2 unspecified atom stereocenters. The first-order valence-corrected chi connectivity index (χ1v) is 6.02. The van der Waals surface area contributed by atoms with Crippen LogP contribution in [-0.4, -0.2) is 19.3 Å². The molecule has 4 heteroatoms. The fraction of sp³-hybridized carbons (Fsp3) is 0.600. The average molecular weight is 232 g/mol. The molecular weight excluding hydrogens is 218 g/mol. The molecule has 0 spiro atoms. The van der Waals surface area contributed by atoms with Gasteiger partial charge in [0.1, 0.15) is 0 Å². The van der Waals surface area contributed by atoms with Crippen molar-refractivity contribution < 1.29 is 4.74 Å². The van der Waals surface area contributed by atoms with Crippen LogP contribution in [0.4, 0.5) is 0 Å². The summed E-state index contributed by atoms with van der Waals surface area (Å²) in [6.45, 7) is 1.68. The summed E-state index contributed by atoms with van der Waals surface area (Å²) >= 11 is 7.48. The molecule has 1 saturated heterocycles. The largest absolute Gasteiger partial charge is 0.381 e. The Balaban J connectivity index is 1.90. The minimum atomic E-state index is 0.215. The molecule has 0 aliphatic carbocycles. The molecule has 1 fully saturated rings. The molecule has 2 N–H and O–H groups in total. The van der Waals surface area contributed by atoms with Gasteiger partial charge in [-0.1, -0.05) is 11.6 Å². The summed E-state index contributed by atoms with van der Waals surface area (Å²) in [5.74, 6) is 0.524. The van der Waals surface area contributed by atoms with Gasteiger partial charge in [-0.25, -0.2) is 0 Å². The zero-order valence-electron chi connectivity index (χ0n) is 7.91. The van der Waals surface area contributed by atoms with E-state index >= 15 is 0 Å². The molecule has 0 radical (unpaired) electrons. The SMILES string of the molecule is NC(Cc1ccc(Cl)s1)C1CCOC1. The van der Waals surface area contributed by atoms with Crippen molar-refractivity contribution in [2.75, 3.05) is 13.2 Å². The van der Waals surface area contributed by atoms with Crippen LogP contribution in [0.25, 0.3) is 0 Å². The van der Waals surface area contributed by atoms with E-state index in [0.29, 0.717) is 5.92 Å². The van der Waals surface area contributed by atoms with Crippen LogP contribution in [0.5, 0.6) is 0 Å². The molecule has 2 atom stereocenters. The Bertz CT molecular complexity index is 296. The van der Waals surface area contributed by atoms with E-state index in [-0.39, 0.29) is 6.04 Å². The Morgan fingerprint density at radius 2 is 2.50 bits per heavy atom. The number of nitrogens with two attached hydrogens (primary N) is 1. The molecule has 14 heavy (non-hydrogen) atoms. The molecule has 2 nitrogen and oxygen atoms in total. The highest BCUT2D eigenvalue weighted by molar-refractivity contribution is 7.16. The number of halogens is 1. The summed E-state index contributed by atoms with van der Waals surface area (Å²) in [4.78, 5) is 1.27. The van der Waals surface area contributed by atoms with E-state index < -0.39 is 0 Å². The molecule has 78 valence electrons. The molecule has 0 saturated carbocycles. The van der Waals surface area contributed by atoms with Gasteiger partial charge in [0.25, 0.3) is 0 Å². The fourth-order valence-electron chi connectivity index (χ4n) is 1.75. The van der Waals surface area contributed by atoms with Crippen LogP contribution in [0.3, 0.4) is 0 Å². The number of thiophene rings is 1. The van der Waals surface area contributed by atoms with E-state index in [1.54, 1.807) is 11.3 Å². The van der Waals surface area contributed by atoms with Gasteiger partial charge in [0, 0.05) is 17.5 Å². The average Bonchev–Trinajstić information content (AvgIpc) is 2.75. The number of hydrogen-bond acceptors (Lipinski definition) is 3. The van der Waals surface area contributed by atoms with Crippen LogP contribution in [-0.2, 0) is 11.2 Å². The topological polar surface area (TPSA) is 35.2 Å². The Morgan fingerprint density at radius 1 is 1.64 bits per heavy atom. The van der Waals surface area contributed by atoms with Gasteiger partial charge >= 0.3 is 0 Å². The second-order valence-corrected chi connectivity index (χ2v) is 5.50. The predicted molar refractivity (Wildman–Crippen MR) is 59.9 cm³/mol. The molecule has 2 heterocycles. The van der Waals surface area contributed by atoms with Crippen molar-refractivity contribution in [2.45, 2.75) is 18.9 Å². The lowest BCUT2D eigenvalue weighted by molar-refractivity contribution is 0.180. The third-order valence-corrected chi connectivity index (χ3v) is 3.89. The molecule has 1 aromatic rings. The van der Waals surface area contributed by atoms with Crippen LogP contribution >= 0.6 is 22.9 Å². The Morgan fingerprint density at radius 3 is 3.07 bits per heavy atom. The molecule has 1 aliphatic heterocycles. The first kappa shape index (κ1) is 10.4. The van der Waals surface area contributed by atoms with Crippen molar-refractivity contribution in [3.8, 4) is 0 Å². The highest BCUT2D eigenvalue weighted by Gasteiger charge is 2.23. The summed E-state index contributed by atoms with van der Waals surface area (Å²) in [5.41, 5.74) is 6.10. The summed E-state index contributed by atoms with van der Waals surface area (Å²) < 4.78 is 6.16. The zero-order chi connectivity index (χ0) is 9.97. The second kappa shape index (κ2) is 4.62. The minimum absolute atomic E-state index is 0.215. The Hall–Kier alpha value is -0.0900. The third-order valence-electron chi connectivity index (χ3n) is 2.64. The molecule has 1 aliphatic rings. The van der Waals surface area contributed by atoms with Gasteiger partial charge in [0.05, 0.1) is 10.9 Å². The Labute approximate surface area is 93.0 Å². The van der Waals surface area contributed by atoms with Crippen LogP contribution in [0.1, 0.15) is 11.3 Å². The summed E-state index contributed by atoms with van der Waals surface area (Å²) in [6.07, 6.45) is 2.02. The van der Waals surface area contributed by atoms with Crippen LogP contribution in [0.15, 0.2) is 12.1 Å².